The fourth-order valence-corrected chi connectivity index (χ4v) is 2.23. The molecule has 2 N–H and O–H groups in total. The fourth-order valence-electron chi connectivity index (χ4n) is 1.42. The number of hydrogen-bond donors (Lipinski definition) is 2. The first kappa shape index (κ1) is 15.2. The Hall–Kier alpha value is -2.18. The second kappa shape index (κ2) is 7.01. The summed E-state index contributed by atoms with van der Waals surface area (Å²) in [5.74, 6) is -1.43. The highest BCUT2D eigenvalue weighted by atomic mass is 35.5. The Kier molecular flexibility index (Phi) is 5.08. The molecule has 21 heavy (non-hydrogen) atoms. The predicted octanol–water partition coefficient (Wildman–Crippen LogP) is 3.02. The van der Waals surface area contributed by atoms with Gasteiger partial charge in [0.2, 0.25) is 0 Å². The Bertz CT molecular complexity index is 686. The maximum Gasteiger partial charge on any atom is 0.279 e. The summed E-state index contributed by atoms with van der Waals surface area (Å²) >= 11 is 6.89. The highest BCUT2D eigenvalue weighted by Crippen LogP contribution is 2.16. The number of rotatable bonds is 3. The third kappa shape index (κ3) is 4.40. The van der Waals surface area contributed by atoms with Crippen molar-refractivity contribution in [1.29, 1.82) is 0 Å². The highest BCUT2D eigenvalue weighted by Gasteiger charge is 2.06. The maximum atomic E-state index is 13.0. The average Bonchev–Trinajstić information content (AvgIpc) is 3.00. The number of hydrazine groups is 1. The third-order valence-electron chi connectivity index (χ3n) is 2.42. The van der Waals surface area contributed by atoms with Crippen LogP contribution in [0.1, 0.15) is 15.2 Å². The number of amides is 2. The van der Waals surface area contributed by atoms with E-state index in [2.05, 4.69) is 10.9 Å². The average molecular weight is 325 g/mol. The molecule has 1 heterocycles. The summed E-state index contributed by atoms with van der Waals surface area (Å²) in [6.45, 7) is 0. The third-order valence-corrected chi connectivity index (χ3v) is 3.57. The van der Waals surface area contributed by atoms with Gasteiger partial charge in [0, 0.05) is 6.08 Å². The van der Waals surface area contributed by atoms with Crippen molar-refractivity contribution < 1.29 is 14.0 Å². The minimum Gasteiger partial charge on any atom is -0.268 e. The molecule has 0 saturated carbocycles. The fraction of sp³-hybridized carbons (Fsp3) is 0. The smallest absolute Gasteiger partial charge is 0.268 e. The topological polar surface area (TPSA) is 58.2 Å². The molecule has 2 aromatic rings. The van der Waals surface area contributed by atoms with Crippen LogP contribution >= 0.6 is 22.9 Å². The molecule has 0 bridgehead atoms. The highest BCUT2D eigenvalue weighted by molar-refractivity contribution is 7.12. The second-order valence-corrected chi connectivity index (χ2v) is 5.28. The molecule has 0 saturated heterocycles. The summed E-state index contributed by atoms with van der Waals surface area (Å²) in [6.07, 6.45) is 2.66. The van der Waals surface area contributed by atoms with Crippen LogP contribution in [0, 0.1) is 5.82 Å². The van der Waals surface area contributed by atoms with Crippen LogP contribution < -0.4 is 10.9 Å². The molecule has 0 radical (unpaired) electrons. The van der Waals surface area contributed by atoms with E-state index in [0.717, 1.165) is 0 Å². The number of carbonyl (C=O) groups is 2. The van der Waals surface area contributed by atoms with Gasteiger partial charge < -0.3 is 0 Å². The molecule has 4 nitrogen and oxygen atoms in total. The first-order valence-electron chi connectivity index (χ1n) is 5.83. The van der Waals surface area contributed by atoms with Crippen molar-refractivity contribution in [2.24, 2.45) is 0 Å². The maximum absolute atomic E-state index is 13.0. The quantitative estimate of drug-likeness (QED) is 0.673. The number of nitrogens with one attached hydrogen (secondary N) is 2. The first-order valence-corrected chi connectivity index (χ1v) is 7.09. The van der Waals surface area contributed by atoms with Gasteiger partial charge in [-0.3, -0.25) is 20.4 Å². The molecule has 0 aliphatic rings. The van der Waals surface area contributed by atoms with E-state index < -0.39 is 17.6 Å². The molecule has 2 rings (SSSR count). The van der Waals surface area contributed by atoms with Gasteiger partial charge in [0.1, 0.15) is 5.82 Å². The van der Waals surface area contributed by atoms with Crippen LogP contribution in [0.2, 0.25) is 5.02 Å². The van der Waals surface area contributed by atoms with Crippen molar-refractivity contribution in [3.05, 3.63) is 63.1 Å². The molecule has 1 aromatic heterocycles. The zero-order valence-electron chi connectivity index (χ0n) is 10.6. The van der Waals surface area contributed by atoms with Crippen molar-refractivity contribution in [3.63, 3.8) is 0 Å². The number of halogens is 2. The van der Waals surface area contributed by atoms with Crippen LogP contribution in [0.3, 0.4) is 0 Å². The van der Waals surface area contributed by atoms with Crippen LogP contribution in [-0.2, 0) is 4.79 Å². The number of benzene rings is 1. The molecule has 0 spiro atoms. The van der Waals surface area contributed by atoms with E-state index >= 15 is 0 Å². The van der Waals surface area contributed by atoms with E-state index in [4.69, 9.17) is 11.6 Å². The number of hydrogen-bond acceptors (Lipinski definition) is 3. The molecular weight excluding hydrogens is 315 g/mol. The lowest BCUT2D eigenvalue weighted by atomic mass is 10.2. The molecule has 2 amide bonds. The lowest BCUT2D eigenvalue weighted by molar-refractivity contribution is -0.117. The van der Waals surface area contributed by atoms with Gasteiger partial charge in [-0.25, -0.2) is 4.39 Å². The van der Waals surface area contributed by atoms with Gasteiger partial charge in [-0.15, -0.1) is 11.3 Å². The zero-order valence-corrected chi connectivity index (χ0v) is 12.2. The van der Waals surface area contributed by atoms with E-state index in [1.54, 1.807) is 17.5 Å². The molecule has 108 valence electrons. The first-order chi connectivity index (χ1) is 10.1. The zero-order chi connectivity index (χ0) is 15.2. The molecule has 0 fully saturated rings. The monoisotopic (exact) mass is 324 g/mol. The standard InChI is InChI=1S/C14H10ClFN2O2S/c15-10-8-9(3-5-11(10)16)4-6-13(19)17-18-14(20)12-2-1-7-21-12/h1-8H,(H,17,19)(H,18,20)/b6-4+. The molecule has 1 aromatic carbocycles. The van der Waals surface area contributed by atoms with Crippen molar-refractivity contribution >= 4 is 40.8 Å². The Morgan fingerprint density at radius 1 is 1.24 bits per heavy atom. The van der Waals surface area contributed by atoms with Gasteiger partial charge >= 0.3 is 0 Å². The lowest BCUT2D eigenvalue weighted by Gasteiger charge is -2.03. The van der Waals surface area contributed by atoms with Gasteiger partial charge in [0.15, 0.2) is 0 Å². The van der Waals surface area contributed by atoms with Crippen molar-refractivity contribution in [2.75, 3.05) is 0 Å². The molecular formula is C14H10ClFN2O2S. The van der Waals surface area contributed by atoms with E-state index in [1.165, 1.54) is 41.7 Å². The summed E-state index contributed by atoms with van der Waals surface area (Å²) in [6, 6.07) is 7.46. The van der Waals surface area contributed by atoms with E-state index in [-0.39, 0.29) is 5.02 Å². The van der Waals surface area contributed by atoms with Crippen LogP contribution in [0.15, 0.2) is 41.8 Å². The Morgan fingerprint density at radius 3 is 2.71 bits per heavy atom. The predicted molar refractivity (Wildman–Crippen MR) is 80.4 cm³/mol. The molecule has 0 unspecified atom stereocenters. The van der Waals surface area contributed by atoms with Crippen LogP contribution in [0.4, 0.5) is 4.39 Å². The Morgan fingerprint density at radius 2 is 2.05 bits per heavy atom. The Labute approximate surface area is 129 Å². The largest absolute Gasteiger partial charge is 0.279 e. The minimum atomic E-state index is -0.526. The molecule has 0 atom stereocenters. The summed E-state index contributed by atoms with van der Waals surface area (Å²) in [4.78, 5) is 23.6. The van der Waals surface area contributed by atoms with Gasteiger partial charge in [-0.05, 0) is 35.2 Å². The summed E-state index contributed by atoms with van der Waals surface area (Å²) in [5, 5.41) is 1.73. The lowest BCUT2D eigenvalue weighted by Crippen LogP contribution is -2.40. The molecule has 0 aliphatic carbocycles. The van der Waals surface area contributed by atoms with Gasteiger partial charge in [0.05, 0.1) is 9.90 Å². The van der Waals surface area contributed by atoms with E-state index in [9.17, 15) is 14.0 Å². The number of thiophene rings is 1. The molecule has 7 heteroatoms. The Balaban J connectivity index is 1.88. The molecule has 0 aliphatic heterocycles. The van der Waals surface area contributed by atoms with Gasteiger partial charge in [-0.1, -0.05) is 23.7 Å². The summed E-state index contributed by atoms with van der Waals surface area (Å²) < 4.78 is 13.0. The summed E-state index contributed by atoms with van der Waals surface area (Å²) in [7, 11) is 0. The second-order valence-electron chi connectivity index (χ2n) is 3.93. The van der Waals surface area contributed by atoms with E-state index in [1.807, 2.05) is 0 Å². The van der Waals surface area contributed by atoms with E-state index in [0.29, 0.717) is 10.4 Å². The minimum absolute atomic E-state index is 0.0245. The van der Waals surface area contributed by atoms with Crippen molar-refractivity contribution in [3.8, 4) is 0 Å². The van der Waals surface area contributed by atoms with Gasteiger partial charge in [0.25, 0.3) is 11.8 Å². The SMILES string of the molecule is O=C(/C=C/c1ccc(F)c(Cl)c1)NNC(=O)c1cccs1. The van der Waals surface area contributed by atoms with Crippen LogP contribution in [0.5, 0.6) is 0 Å². The van der Waals surface area contributed by atoms with Crippen molar-refractivity contribution in [1.82, 2.24) is 10.9 Å². The van der Waals surface area contributed by atoms with Crippen LogP contribution in [-0.4, -0.2) is 11.8 Å². The van der Waals surface area contributed by atoms with Gasteiger partial charge in [-0.2, -0.15) is 0 Å². The summed E-state index contributed by atoms with van der Waals surface area (Å²) in [5.41, 5.74) is 5.09. The van der Waals surface area contributed by atoms with Crippen molar-refractivity contribution in [2.45, 2.75) is 0 Å². The normalized spacial score (nSPS) is 10.6. The number of carbonyl (C=O) groups excluding carboxylic acids is 2. The van der Waals surface area contributed by atoms with Crippen LogP contribution in [0.25, 0.3) is 6.08 Å².